The van der Waals surface area contributed by atoms with Crippen LogP contribution in [0.2, 0.25) is 0 Å². The third-order valence-electron chi connectivity index (χ3n) is 2.19. The van der Waals surface area contributed by atoms with Crippen molar-refractivity contribution in [1.82, 2.24) is 0 Å². The molecule has 0 saturated carbocycles. The molecule has 0 rings (SSSR count). The van der Waals surface area contributed by atoms with E-state index in [1.807, 2.05) is 0 Å². The molecule has 0 fully saturated rings. The standard InChI is InChI=1S/C13H22O6/c1-6-17-7-10(14)18-8-11(15)19-9(2)12(16)13(3,4)5/h9H,6-8H2,1-5H3. The lowest BCUT2D eigenvalue weighted by atomic mass is 9.88. The Morgan fingerprint density at radius 2 is 1.63 bits per heavy atom. The van der Waals surface area contributed by atoms with Crippen LogP contribution in [0.3, 0.4) is 0 Å². The molecular weight excluding hydrogens is 252 g/mol. The topological polar surface area (TPSA) is 78.9 Å². The summed E-state index contributed by atoms with van der Waals surface area (Å²) in [5, 5.41) is 0. The molecule has 0 N–H and O–H groups in total. The molecule has 0 aromatic carbocycles. The first-order valence-corrected chi connectivity index (χ1v) is 6.15. The van der Waals surface area contributed by atoms with E-state index in [0.717, 1.165) is 0 Å². The number of hydrogen-bond acceptors (Lipinski definition) is 6. The molecule has 1 atom stereocenters. The fourth-order valence-corrected chi connectivity index (χ4v) is 1.26. The maximum absolute atomic E-state index is 11.8. The van der Waals surface area contributed by atoms with Gasteiger partial charge in [-0.3, -0.25) is 4.79 Å². The fraction of sp³-hybridized carbons (Fsp3) is 0.769. The van der Waals surface area contributed by atoms with Gasteiger partial charge in [0, 0.05) is 12.0 Å². The first kappa shape index (κ1) is 17.6. The van der Waals surface area contributed by atoms with E-state index in [2.05, 4.69) is 4.74 Å². The molecule has 6 heteroatoms. The smallest absolute Gasteiger partial charge is 0.344 e. The Balaban J connectivity index is 4.05. The summed E-state index contributed by atoms with van der Waals surface area (Å²) in [4.78, 5) is 34.2. The van der Waals surface area contributed by atoms with Crippen LogP contribution >= 0.6 is 0 Å². The Bertz CT molecular complexity index is 329. The van der Waals surface area contributed by atoms with Crippen molar-refractivity contribution in [3.05, 3.63) is 0 Å². The van der Waals surface area contributed by atoms with Gasteiger partial charge >= 0.3 is 11.9 Å². The SMILES string of the molecule is CCOCC(=O)OCC(=O)OC(C)C(=O)C(C)(C)C. The quantitative estimate of drug-likeness (QED) is 0.647. The molecule has 0 aliphatic carbocycles. The zero-order valence-corrected chi connectivity index (χ0v) is 12.1. The number of esters is 2. The van der Waals surface area contributed by atoms with Crippen LogP contribution in [0.25, 0.3) is 0 Å². The second-order valence-electron chi connectivity index (χ2n) is 5.04. The van der Waals surface area contributed by atoms with E-state index in [9.17, 15) is 14.4 Å². The minimum absolute atomic E-state index is 0.193. The highest BCUT2D eigenvalue weighted by atomic mass is 16.6. The molecule has 0 radical (unpaired) electrons. The molecule has 1 unspecified atom stereocenters. The van der Waals surface area contributed by atoms with Crippen LogP contribution in [-0.4, -0.2) is 43.6 Å². The normalized spacial score (nSPS) is 12.7. The van der Waals surface area contributed by atoms with E-state index in [4.69, 9.17) is 9.47 Å². The molecule has 110 valence electrons. The molecule has 0 aromatic heterocycles. The zero-order chi connectivity index (χ0) is 15.1. The summed E-state index contributed by atoms with van der Waals surface area (Å²) in [5.41, 5.74) is -0.592. The van der Waals surface area contributed by atoms with Crippen molar-refractivity contribution in [2.24, 2.45) is 5.41 Å². The van der Waals surface area contributed by atoms with Gasteiger partial charge in [-0.25, -0.2) is 9.59 Å². The van der Waals surface area contributed by atoms with Gasteiger partial charge in [0.05, 0.1) is 0 Å². The Labute approximate surface area is 113 Å². The summed E-state index contributed by atoms with van der Waals surface area (Å²) in [5.74, 6) is -1.59. The fourth-order valence-electron chi connectivity index (χ4n) is 1.26. The molecule has 0 amide bonds. The van der Waals surface area contributed by atoms with E-state index in [1.54, 1.807) is 27.7 Å². The number of carbonyl (C=O) groups excluding carboxylic acids is 3. The lowest BCUT2D eigenvalue weighted by Gasteiger charge is -2.21. The summed E-state index contributed by atoms with van der Waals surface area (Å²) in [6.07, 6.45) is -0.863. The maximum atomic E-state index is 11.8. The van der Waals surface area contributed by atoms with Crippen molar-refractivity contribution in [3.63, 3.8) is 0 Å². The first-order chi connectivity index (χ1) is 8.68. The summed E-state index contributed by atoms with van der Waals surface area (Å²) in [7, 11) is 0. The molecule has 0 heterocycles. The number of ether oxygens (including phenoxy) is 3. The number of ketones is 1. The minimum Gasteiger partial charge on any atom is -0.452 e. The predicted octanol–water partition coefficient (Wildman–Crippen LogP) is 1.11. The lowest BCUT2D eigenvalue weighted by Crippen LogP contribution is -2.35. The second kappa shape index (κ2) is 7.89. The van der Waals surface area contributed by atoms with Crippen LogP contribution in [0.4, 0.5) is 0 Å². The zero-order valence-electron chi connectivity index (χ0n) is 12.1. The average Bonchev–Trinajstić information content (AvgIpc) is 2.31. The van der Waals surface area contributed by atoms with E-state index in [0.29, 0.717) is 6.61 Å². The Morgan fingerprint density at radius 1 is 1.05 bits per heavy atom. The van der Waals surface area contributed by atoms with Crippen LogP contribution in [0.5, 0.6) is 0 Å². The summed E-state index contributed by atoms with van der Waals surface area (Å²) >= 11 is 0. The predicted molar refractivity (Wildman–Crippen MR) is 67.5 cm³/mol. The highest BCUT2D eigenvalue weighted by Gasteiger charge is 2.29. The lowest BCUT2D eigenvalue weighted by molar-refractivity contribution is -0.167. The van der Waals surface area contributed by atoms with Crippen molar-refractivity contribution in [1.29, 1.82) is 0 Å². The first-order valence-electron chi connectivity index (χ1n) is 6.15. The molecule has 0 spiro atoms. The Hall–Kier alpha value is -1.43. The minimum atomic E-state index is -0.863. The van der Waals surface area contributed by atoms with Crippen molar-refractivity contribution < 1.29 is 28.6 Å². The maximum Gasteiger partial charge on any atom is 0.344 e. The van der Waals surface area contributed by atoms with Gasteiger partial charge in [0.2, 0.25) is 0 Å². The van der Waals surface area contributed by atoms with E-state index >= 15 is 0 Å². The van der Waals surface area contributed by atoms with E-state index in [-0.39, 0.29) is 12.4 Å². The highest BCUT2D eigenvalue weighted by Crippen LogP contribution is 2.18. The largest absolute Gasteiger partial charge is 0.452 e. The van der Waals surface area contributed by atoms with Gasteiger partial charge in [0.1, 0.15) is 6.61 Å². The number of Topliss-reactive ketones (excluding diaryl/α,β-unsaturated/α-hetero) is 1. The van der Waals surface area contributed by atoms with Gasteiger partial charge in [-0.2, -0.15) is 0 Å². The van der Waals surface area contributed by atoms with Crippen molar-refractivity contribution >= 4 is 17.7 Å². The Morgan fingerprint density at radius 3 is 2.11 bits per heavy atom. The summed E-state index contributed by atoms with van der Waals surface area (Å²) in [6, 6.07) is 0. The molecule has 0 bridgehead atoms. The van der Waals surface area contributed by atoms with Crippen LogP contribution in [0.1, 0.15) is 34.6 Å². The molecule has 6 nitrogen and oxygen atoms in total. The monoisotopic (exact) mass is 274 g/mol. The van der Waals surface area contributed by atoms with Crippen molar-refractivity contribution in [2.75, 3.05) is 19.8 Å². The van der Waals surface area contributed by atoms with Gasteiger partial charge < -0.3 is 14.2 Å². The van der Waals surface area contributed by atoms with Crippen LogP contribution in [0.15, 0.2) is 0 Å². The molecule has 0 aliphatic heterocycles. The van der Waals surface area contributed by atoms with Crippen LogP contribution in [0, 0.1) is 5.41 Å². The summed E-state index contributed by atoms with van der Waals surface area (Å²) < 4.78 is 14.3. The van der Waals surface area contributed by atoms with Gasteiger partial charge in [-0.1, -0.05) is 20.8 Å². The third kappa shape index (κ3) is 7.56. The van der Waals surface area contributed by atoms with Crippen LogP contribution in [-0.2, 0) is 28.6 Å². The van der Waals surface area contributed by atoms with Crippen molar-refractivity contribution in [3.8, 4) is 0 Å². The second-order valence-corrected chi connectivity index (χ2v) is 5.04. The molecule has 0 aliphatic rings. The van der Waals surface area contributed by atoms with Gasteiger partial charge in [0.15, 0.2) is 18.5 Å². The third-order valence-corrected chi connectivity index (χ3v) is 2.19. The van der Waals surface area contributed by atoms with Crippen LogP contribution < -0.4 is 0 Å². The van der Waals surface area contributed by atoms with E-state index in [1.165, 1.54) is 6.92 Å². The summed E-state index contributed by atoms with van der Waals surface area (Å²) in [6.45, 7) is 8.10. The molecule has 19 heavy (non-hydrogen) atoms. The van der Waals surface area contributed by atoms with Gasteiger partial charge in [0.25, 0.3) is 0 Å². The highest BCUT2D eigenvalue weighted by molar-refractivity contribution is 5.89. The molecular formula is C13H22O6. The molecule has 0 aromatic rings. The number of rotatable bonds is 7. The average molecular weight is 274 g/mol. The van der Waals surface area contributed by atoms with Crippen molar-refractivity contribution in [2.45, 2.75) is 40.7 Å². The van der Waals surface area contributed by atoms with Gasteiger partial charge in [-0.15, -0.1) is 0 Å². The molecule has 0 saturated heterocycles. The Kier molecular flexibility index (Phi) is 7.29. The number of carbonyl (C=O) groups is 3. The number of hydrogen-bond donors (Lipinski definition) is 0. The van der Waals surface area contributed by atoms with E-state index < -0.39 is 30.1 Å². The van der Waals surface area contributed by atoms with Gasteiger partial charge in [-0.05, 0) is 13.8 Å².